The van der Waals surface area contributed by atoms with Crippen LogP contribution < -0.4 is 10.6 Å². The lowest BCUT2D eigenvalue weighted by Crippen LogP contribution is -2.15. The highest BCUT2D eigenvalue weighted by atomic mass is 19.4. The summed E-state index contributed by atoms with van der Waals surface area (Å²) in [6.07, 6.45) is -3.30. The minimum absolute atomic E-state index is 0.0446. The number of alkyl halides is 3. The molecule has 25 heavy (non-hydrogen) atoms. The van der Waals surface area contributed by atoms with Crippen molar-refractivity contribution in [1.29, 1.82) is 5.26 Å². The monoisotopic (exact) mass is 345 g/mol. The van der Waals surface area contributed by atoms with Crippen molar-refractivity contribution in [1.82, 2.24) is 0 Å². The van der Waals surface area contributed by atoms with Crippen molar-refractivity contribution in [3.63, 3.8) is 0 Å². The van der Waals surface area contributed by atoms with Crippen LogP contribution in [0, 0.1) is 18.3 Å². The van der Waals surface area contributed by atoms with E-state index in [0.717, 1.165) is 17.7 Å². The second-order valence-corrected chi connectivity index (χ2v) is 5.16. The fourth-order valence-electron chi connectivity index (χ4n) is 2.01. The van der Waals surface area contributed by atoms with Crippen molar-refractivity contribution in [3.8, 4) is 6.07 Å². The quantitative estimate of drug-likeness (QED) is 0.635. The number of nitrogens with zero attached hydrogens (tertiary/aromatic N) is 1. The summed E-state index contributed by atoms with van der Waals surface area (Å²) in [5.41, 5.74) is 0.430. The molecule has 2 aromatic carbocycles. The largest absolute Gasteiger partial charge is 0.416 e. The number of benzene rings is 2. The number of nitriles is 1. The highest BCUT2D eigenvalue weighted by molar-refractivity contribution is 6.06. The van der Waals surface area contributed by atoms with E-state index in [-0.39, 0.29) is 11.3 Å². The van der Waals surface area contributed by atoms with Gasteiger partial charge in [0.2, 0.25) is 0 Å². The van der Waals surface area contributed by atoms with Crippen LogP contribution in [-0.2, 0) is 11.0 Å². The van der Waals surface area contributed by atoms with Crippen molar-refractivity contribution < 1.29 is 18.0 Å². The summed E-state index contributed by atoms with van der Waals surface area (Å²) in [4.78, 5) is 12.1. The molecule has 0 spiro atoms. The van der Waals surface area contributed by atoms with Crippen LogP contribution >= 0.6 is 0 Å². The predicted molar refractivity (Wildman–Crippen MR) is 88.6 cm³/mol. The second-order valence-electron chi connectivity index (χ2n) is 5.16. The number of para-hydroxylation sites is 1. The Morgan fingerprint density at radius 3 is 2.52 bits per heavy atom. The van der Waals surface area contributed by atoms with Crippen LogP contribution in [0.5, 0.6) is 0 Å². The third kappa shape index (κ3) is 4.85. The molecule has 0 heterocycles. The molecular formula is C18H14F3N3O. The van der Waals surface area contributed by atoms with Gasteiger partial charge in [-0.05, 0) is 36.8 Å². The van der Waals surface area contributed by atoms with Crippen molar-refractivity contribution in [3.05, 3.63) is 71.4 Å². The van der Waals surface area contributed by atoms with Gasteiger partial charge in [0.15, 0.2) is 0 Å². The molecule has 0 aliphatic heterocycles. The topological polar surface area (TPSA) is 64.9 Å². The SMILES string of the molecule is Cc1ccccc1N/C=C(/C#N)C(=O)Nc1cccc(C(F)(F)F)c1. The Labute approximate surface area is 142 Å². The summed E-state index contributed by atoms with van der Waals surface area (Å²) >= 11 is 0. The molecule has 0 unspecified atom stereocenters. The third-order valence-electron chi connectivity index (χ3n) is 3.33. The summed E-state index contributed by atoms with van der Waals surface area (Å²) in [5, 5.41) is 14.2. The number of carbonyl (C=O) groups is 1. The zero-order valence-corrected chi connectivity index (χ0v) is 13.2. The van der Waals surface area contributed by atoms with E-state index in [1.54, 1.807) is 18.2 Å². The average Bonchev–Trinajstić information content (AvgIpc) is 2.56. The van der Waals surface area contributed by atoms with Gasteiger partial charge in [0.1, 0.15) is 11.6 Å². The summed E-state index contributed by atoms with van der Waals surface area (Å²) in [6, 6.07) is 13.2. The van der Waals surface area contributed by atoms with Gasteiger partial charge in [0.25, 0.3) is 5.91 Å². The summed E-state index contributed by atoms with van der Waals surface area (Å²) in [6.45, 7) is 1.85. The normalized spacial score (nSPS) is 11.6. The lowest BCUT2D eigenvalue weighted by molar-refractivity contribution is -0.137. The van der Waals surface area contributed by atoms with E-state index in [2.05, 4.69) is 10.6 Å². The number of hydrogen-bond acceptors (Lipinski definition) is 3. The Morgan fingerprint density at radius 2 is 1.88 bits per heavy atom. The molecule has 0 atom stereocenters. The van der Waals surface area contributed by atoms with Gasteiger partial charge in [0.05, 0.1) is 5.56 Å². The number of anilines is 2. The molecule has 0 aromatic heterocycles. The number of aryl methyl sites for hydroxylation is 1. The summed E-state index contributed by atoms with van der Waals surface area (Å²) in [7, 11) is 0. The van der Waals surface area contributed by atoms with Gasteiger partial charge in [-0.1, -0.05) is 24.3 Å². The molecule has 1 amide bonds. The first-order valence-electron chi connectivity index (χ1n) is 7.22. The first kappa shape index (κ1) is 18.1. The minimum Gasteiger partial charge on any atom is -0.360 e. The smallest absolute Gasteiger partial charge is 0.360 e. The number of nitrogens with one attached hydrogen (secondary N) is 2. The number of carbonyl (C=O) groups excluding carboxylic acids is 1. The Balaban J connectivity index is 2.14. The maximum absolute atomic E-state index is 12.7. The van der Waals surface area contributed by atoms with Crippen molar-refractivity contribution >= 4 is 17.3 Å². The van der Waals surface area contributed by atoms with E-state index in [9.17, 15) is 18.0 Å². The molecule has 7 heteroatoms. The molecule has 2 N–H and O–H groups in total. The van der Waals surface area contributed by atoms with E-state index >= 15 is 0 Å². The van der Waals surface area contributed by atoms with Crippen LogP contribution in [0.1, 0.15) is 11.1 Å². The van der Waals surface area contributed by atoms with Gasteiger partial charge in [0, 0.05) is 17.6 Å². The number of amides is 1. The molecular weight excluding hydrogens is 331 g/mol. The third-order valence-corrected chi connectivity index (χ3v) is 3.33. The average molecular weight is 345 g/mol. The molecule has 0 radical (unpaired) electrons. The second kappa shape index (κ2) is 7.53. The maximum Gasteiger partial charge on any atom is 0.416 e. The van der Waals surface area contributed by atoms with E-state index in [1.165, 1.54) is 18.3 Å². The number of hydrogen-bond donors (Lipinski definition) is 2. The Kier molecular flexibility index (Phi) is 5.45. The Hall–Kier alpha value is -3.27. The summed E-state index contributed by atoms with van der Waals surface area (Å²) < 4.78 is 38.1. The van der Waals surface area contributed by atoms with E-state index in [4.69, 9.17) is 5.26 Å². The van der Waals surface area contributed by atoms with Gasteiger partial charge in [-0.25, -0.2) is 0 Å². The van der Waals surface area contributed by atoms with Crippen molar-refractivity contribution in [2.75, 3.05) is 10.6 Å². The lowest BCUT2D eigenvalue weighted by atomic mass is 10.2. The van der Waals surface area contributed by atoms with Gasteiger partial charge in [-0.2, -0.15) is 18.4 Å². The molecule has 0 saturated carbocycles. The van der Waals surface area contributed by atoms with E-state index in [0.29, 0.717) is 5.69 Å². The number of halogens is 3. The van der Waals surface area contributed by atoms with E-state index < -0.39 is 17.6 Å². The molecule has 0 saturated heterocycles. The Morgan fingerprint density at radius 1 is 1.16 bits per heavy atom. The first-order valence-corrected chi connectivity index (χ1v) is 7.22. The minimum atomic E-state index is -4.51. The Bertz CT molecular complexity index is 851. The van der Waals surface area contributed by atoms with Gasteiger partial charge >= 0.3 is 6.18 Å². The van der Waals surface area contributed by atoms with Crippen LogP contribution in [0.4, 0.5) is 24.5 Å². The highest BCUT2D eigenvalue weighted by Gasteiger charge is 2.30. The van der Waals surface area contributed by atoms with Crippen LogP contribution in [0.25, 0.3) is 0 Å². The fraction of sp³-hybridized carbons (Fsp3) is 0.111. The molecule has 0 aliphatic carbocycles. The van der Waals surface area contributed by atoms with Crippen LogP contribution in [-0.4, -0.2) is 5.91 Å². The highest BCUT2D eigenvalue weighted by Crippen LogP contribution is 2.30. The molecule has 4 nitrogen and oxygen atoms in total. The molecule has 128 valence electrons. The molecule has 0 fully saturated rings. The molecule has 2 rings (SSSR count). The standard InChI is InChI=1S/C18H14F3N3O/c1-12-5-2-3-8-16(12)23-11-13(10-22)17(25)24-15-7-4-6-14(9-15)18(19,20)21/h2-9,11,23H,1H3,(H,24,25)/b13-11-. The zero-order valence-electron chi connectivity index (χ0n) is 13.2. The lowest BCUT2D eigenvalue weighted by Gasteiger charge is -2.10. The van der Waals surface area contributed by atoms with E-state index in [1.807, 2.05) is 19.1 Å². The van der Waals surface area contributed by atoms with Gasteiger partial charge < -0.3 is 10.6 Å². The van der Waals surface area contributed by atoms with Crippen LogP contribution in [0.15, 0.2) is 60.3 Å². The van der Waals surface area contributed by atoms with Crippen LogP contribution in [0.2, 0.25) is 0 Å². The molecule has 2 aromatic rings. The maximum atomic E-state index is 12.7. The zero-order chi connectivity index (χ0) is 18.4. The van der Waals surface area contributed by atoms with Crippen LogP contribution in [0.3, 0.4) is 0 Å². The molecule has 0 bridgehead atoms. The fourth-order valence-corrected chi connectivity index (χ4v) is 2.01. The van der Waals surface area contributed by atoms with Gasteiger partial charge in [-0.15, -0.1) is 0 Å². The first-order chi connectivity index (χ1) is 11.8. The van der Waals surface area contributed by atoms with Crippen molar-refractivity contribution in [2.45, 2.75) is 13.1 Å². The predicted octanol–water partition coefficient (Wildman–Crippen LogP) is 4.47. The van der Waals surface area contributed by atoms with Crippen molar-refractivity contribution in [2.24, 2.45) is 0 Å². The molecule has 0 aliphatic rings. The van der Waals surface area contributed by atoms with Gasteiger partial charge in [-0.3, -0.25) is 4.79 Å². The summed E-state index contributed by atoms with van der Waals surface area (Å²) in [5.74, 6) is -0.803. The number of rotatable bonds is 4.